The predicted molar refractivity (Wildman–Crippen MR) is 79.1 cm³/mol. The smallest absolute Gasteiger partial charge is 0.367 e. The Morgan fingerprint density at radius 1 is 1.17 bits per heavy atom. The van der Waals surface area contributed by atoms with Crippen molar-refractivity contribution in [3.63, 3.8) is 0 Å². The Hall–Kier alpha value is -2.41. The van der Waals surface area contributed by atoms with Crippen LogP contribution in [0.4, 0.5) is 19.0 Å². The molecule has 0 unspecified atom stereocenters. The Morgan fingerprint density at radius 2 is 1.87 bits per heavy atom. The molecule has 0 aliphatic rings. The van der Waals surface area contributed by atoms with Crippen molar-refractivity contribution >= 4 is 11.7 Å². The summed E-state index contributed by atoms with van der Waals surface area (Å²) in [6.45, 7) is 0.348. The second kappa shape index (κ2) is 7.23. The highest BCUT2D eigenvalue weighted by Crippen LogP contribution is 2.16. The van der Waals surface area contributed by atoms with Crippen LogP contribution >= 0.6 is 0 Å². The maximum absolute atomic E-state index is 12.1. The molecule has 0 saturated carbocycles. The number of nitrogens with one attached hydrogen (secondary N) is 1. The number of halogens is 3. The van der Waals surface area contributed by atoms with Gasteiger partial charge in [-0.3, -0.25) is 4.79 Å². The first-order chi connectivity index (χ1) is 10.8. The predicted octanol–water partition coefficient (Wildman–Crippen LogP) is 3.72. The Kier molecular flexibility index (Phi) is 5.33. The molecule has 7 heteroatoms. The van der Waals surface area contributed by atoms with Crippen LogP contribution in [0.25, 0.3) is 0 Å². The van der Waals surface area contributed by atoms with Gasteiger partial charge in [0, 0.05) is 11.3 Å². The number of benzene rings is 1. The SMILES string of the molecule is Cc1cccc(NC(=O)c2ccc(COCC(F)(F)F)cc2)n1. The number of alkyl halides is 3. The molecule has 2 rings (SSSR count). The van der Waals surface area contributed by atoms with E-state index in [-0.39, 0.29) is 12.5 Å². The molecule has 2 aromatic rings. The summed E-state index contributed by atoms with van der Waals surface area (Å²) < 4.78 is 40.5. The van der Waals surface area contributed by atoms with Crippen molar-refractivity contribution < 1.29 is 22.7 Å². The number of nitrogens with zero attached hydrogens (tertiary/aromatic N) is 1. The topological polar surface area (TPSA) is 51.2 Å². The molecule has 1 N–H and O–H groups in total. The van der Waals surface area contributed by atoms with E-state index in [1.807, 2.05) is 13.0 Å². The molecule has 122 valence electrons. The van der Waals surface area contributed by atoms with Crippen molar-refractivity contribution in [2.45, 2.75) is 19.7 Å². The number of hydrogen-bond acceptors (Lipinski definition) is 3. The molecule has 0 saturated heterocycles. The Morgan fingerprint density at radius 3 is 2.48 bits per heavy atom. The van der Waals surface area contributed by atoms with E-state index >= 15 is 0 Å². The first-order valence-electron chi connectivity index (χ1n) is 6.82. The zero-order valence-electron chi connectivity index (χ0n) is 12.4. The van der Waals surface area contributed by atoms with Crippen molar-refractivity contribution in [3.05, 3.63) is 59.3 Å². The van der Waals surface area contributed by atoms with Gasteiger partial charge >= 0.3 is 6.18 Å². The third-order valence-electron chi connectivity index (χ3n) is 2.88. The maximum Gasteiger partial charge on any atom is 0.411 e. The monoisotopic (exact) mass is 324 g/mol. The molecule has 1 aromatic carbocycles. The molecule has 0 bridgehead atoms. The summed E-state index contributed by atoms with van der Waals surface area (Å²) in [4.78, 5) is 16.2. The highest BCUT2D eigenvalue weighted by Gasteiger charge is 2.27. The van der Waals surface area contributed by atoms with Crippen LogP contribution in [0.2, 0.25) is 0 Å². The fourth-order valence-corrected chi connectivity index (χ4v) is 1.84. The summed E-state index contributed by atoms with van der Waals surface area (Å²) in [7, 11) is 0. The normalized spacial score (nSPS) is 11.3. The molecular formula is C16H15F3N2O2. The molecule has 1 aromatic heterocycles. The summed E-state index contributed by atoms with van der Waals surface area (Å²) in [6, 6.07) is 11.4. The Balaban J connectivity index is 1.92. The van der Waals surface area contributed by atoms with Gasteiger partial charge in [0.1, 0.15) is 12.4 Å². The number of amides is 1. The van der Waals surface area contributed by atoms with Crippen LogP contribution in [0.15, 0.2) is 42.5 Å². The maximum atomic E-state index is 12.1. The van der Waals surface area contributed by atoms with Crippen LogP contribution in [0, 0.1) is 6.92 Å². The third kappa shape index (κ3) is 5.71. The van der Waals surface area contributed by atoms with Gasteiger partial charge in [0.25, 0.3) is 5.91 Å². The van der Waals surface area contributed by atoms with Gasteiger partial charge in [-0.05, 0) is 36.8 Å². The average molecular weight is 324 g/mol. The van der Waals surface area contributed by atoms with Crippen LogP contribution < -0.4 is 5.32 Å². The van der Waals surface area contributed by atoms with Gasteiger partial charge in [0.05, 0.1) is 6.61 Å². The lowest BCUT2D eigenvalue weighted by molar-refractivity contribution is -0.176. The minimum Gasteiger partial charge on any atom is -0.367 e. The zero-order valence-corrected chi connectivity index (χ0v) is 12.4. The van der Waals surface area contributed by atoms with E-state index in [4.69, 9.17) is 0 Å². The third-order valence-corrected chi connectivity index (χ3v) is 2.88. The van der Waals surface area contributed by atoms with E-state index in [1.54, 1.807) is 24.3 Å². The number of carbonyl (C=O) groups excluding carboxylic acids is 1. The lowest BCUT2D eigenvalue weighted by Gasteiger charge is -2.08. The van der Waals surface area contributed by atoms with Gasteiger partial charge in [0.2, 0.25) is 0 Å². The Labute approximate surface area is 131 Å². The number of aromatic nitrogens is 1. The van der Waals surface area contributed by atoms with E-state index in [1.165, 1.54) is 12.1 Å². The van der Waals surface area contributed by atoms with E-state index in [2.05, 4.69) is 15.0 Å². The van der Waals surface area contributed by atoms with Crippen molar-refractivity contribution in [3.8, 4) is 0 Å². The van der Waals surface area contributed by atoms with Crippen molar-refractivity contribution in [2.75, 3.05) is 11.9 Å². The van der Waals surface area contributed by atoms with Crippen LogP contribution in [0.1, 0.15) is 21.6 Å². The quantitative estimate of drug-likeness (QED) is 0.912. The number of rotatable bonds is 5. The summed E-state index contributed by atoms with van der Waals surface area (Å²) in [5, 5.41) is 2.65. The second-order valence-electron chi connectivity index (χ2n) is 4.92. The fourth-order valence-electron chi connectivity index (χ4n) is 1.84. The van der Waals surface area contributed by atoms with Gasteiger partial charge in [-0.15, -0.1) is 0 Å². The number of anilines is 1. The van der Waals surface area contributed by atoms with Crippen LogP contribution in [0.3, 0.4) is 0 Å². The molecule has 0 aliphatic carbocycles. The van der Waals surface area contributed by atoms with Crippen molar-refractivity contribution in [2.24, 2.45) is 0 Å². The van der Waals surface area contributed by atoms with E-state index in [9.17, 15) is 18.0 Å². The summed E-state index contributed by atoms with van der Waals surface area (Å²) in [6.07, 6.45) is -4.35. The highest BCUT2D eigenvalue weighted by atomic mass is 19.4. The van der Waals surface area contributed by atoms with Gasteiger partial charge in [0.15, 0.2) is 0 Å². The van der Waals surface area contributed by atoms with E-state index in [0.717, 1.165) is 5.69 Å². The molecule has 23 heavy (non-hydrogen) atoms. The fraction of sp³-hybridized carbons (Fsp3) is 0.250. The molecule has 0 fully saturated rings. The minimum absolute atomic E-state index is 0.166. The summed E-state index contributed by atoms with van der Waals surface area (Å²) in [5.41, 5.74) is 1.72. The molecule has 0 spiro atoms. The molecule has 1 amide bonds. The first-order valence-corrected chi connectivity index (χ1v) is 6.82. The molecule has 4 nitrogen and oxygen atoms in total. The number of hydrogen-bond donors (Lipinski definition) is 1. The van der Waals surface area contributed by atoms with Gasteiger partial charge in [-0.1, -0.05) is 18.2 Å². The van der Waals surface area contributed by atoms with Gasteiger partial charge in [-0.2, -0.15) is 13.2 Å². The lowest BCUT2D eigenvalue weighted by atomic mass is 10.1. The summed E-state index contributed by atoms with van der Waals surface area (Å²) >= 11 is 0. The highest BCUT2D eigenvalue weighted by molar-refractivity contribution is 6.03. The molecular weight excluding hydrogens is 309 g/mol. The largest absolute Gasteiger partial charge is 0.411 e. The van der Waals surface area contributed by atoms with E-state index in [0.29, 0.717) is 16.9 Å². The second-order valence-corrected chi connectivity index (χ2v) is 4.92. The first kappa shape index (κ1) is 17.0. The number of ether oxygens (including phenoxy) is 1. The van der Waals surface area contributed by atoms with Crippen LogP contribution in [0.5, 0.6) is 0 Å². The molecule has 0 radical (unpaired) electrons. The molecule has 0 atom stereocenters. The number of aryl methyl sites for hydroxylation is 1. The molecule has 1 heterocycles. The van der Waals surface area contributed by atoms with Crippen molar-refractivity contribution in [1.82, 2.24) is 4.98 Å². The average Bonchev–Trinajstić information content (AvgIpc) is 2.46. The standard InChI is InChI=1S/C16H15F3N2O2/c1-11-3-2-4-14(20-11)21-15(22)13-7-5-12(6-8-13)9-23-10-16(17,18)19/h2-8H,9-10H2,1H3,(H,20,21,22). The Bertz CT molecular complexity index is 670. The van der Waals surface area contributed by atoms with Gasteiger partial charge < -0.3 is 10.1 Å². The van der Waals surface area contributed by atoms with Crippen LogP contribution in [-0.2, 0) is 11.3 Å². The van der Waals surface area contributed by atoms with Crippen molar-refractivity contribution in [1.29, 1.82) is 0 Å². The van der Waals surface area contributed by atoms with E-state index < -0.39 is 12.8 Å². The number of carbonyl (C=O) groups is 1. The number of pyridine rings is 1. The van der Waals surface area contributed by atoms with Gasteiger partial charge in [-0.25, -0.2) is 4.98 Å². The molecule has 0 aliphatic heterocycles. The minimum atomic E-state index is -4.35. The summed E-state index contributed by atoms with van der Waals surface area (Å²) in [5.74, 6) is 0.0958. The van der Waals surface area contributed by atoms with Crippen LogP contribution in [-0.4, -0.2) is 23.7 Å². The lowest BCUT2D eigenvalue weighted by Crippen LogP contribution is -2.16. The zero-order chi connectivity index (χ0) is 16.9.